The average molecular weight is 452 g/mol. The molecule has 0 aliphatic carbocycles. The maximum Gasteiger partial charge on any atom is 0.232 e. The molecule has 2 N–H and O–H groups in total. The minimum atomic E-state index is 0.436. The third-order valence-corrected chi connectivity index (χ3v) is 6.10. The lowest BCUT2D eigenvalue weighted by molar-refractivity contribution is 0.480. The van der Waals surface area contributed by atoms with Gasteiger partial charge in [-0.05, 0) is 61.8 Å². The van der Waals surface area contributed by atoms with E-state index in [0.717, 1.165) is 29.4 Å². The van der Waals surface area contributed by atoms with Crippen molar-refractivity contribution < 1.29 is 0 Å². The standard InChI is InChI=1S/C22H25N7S2/c1-16-8-5-6-13-29(16)18-14-19(31-22-23-11-7-12-24-22)27-20(26-18)28-21(30)25-15-17-9-3-2-4-10-17/h2-4,7,9-12,14,16H,5-6,8,13,15H2,1H3,(H2,25,26,27,28,30). The predicted molar refractivity (Wildman–Crippen MR) is 128 cm³/mol. The fourth-order valence-corrected chi connectivity index (χ4v) is 4.34. The van der Waals surface area contributed by atoms with Crippen molar-refractivity contribution in [2.75, 3.05) is 16.8 Å². The highest BCUT2D eigenvalue weighted by Gasteiger charge is 2.21. The number of benzene rings is 1. The monoisotopic (exact) mass is 451 g/mol. The minimum Gasteiger partial charge on any atom is -0.358 e. The van der Waals surface area contributed by atoms with Gasteiger partial charge in [-0.3, -0.25) is 0 Å². The van der Waals surface area contributed by atoms with Crippen LogP contribution in [0.25, 0.3) is 0 Å². The lowest BCUT2D eigenvalue weighted by Gasteiger charge is -2.34. The summed E-state index contributed by atoms with van der Waals surface area (Å²) in [5.74, 6) is 1.37. The quantitative estimate of drug-likeness (QED) is 0.324. The average Bonchev–Trinajstić information content (AvgIpc) is 2.79. The van der Waals surface area contributed by atoms with Gasteiger partial charge in [0.2, 0.25) is 5.95 Å². The summed E-state index contributed by atoms with van der Waals surface area (Å²) in [6.45, 7) is 3.86. The van der Waals surface area contributed by atoms with Gasteiger partial charge < -0.3 is 15.5 Å². The summed E-state index contributed by atoms with van der Waals surface area (Å²) in [5.41, 5.74) is 1.15. The number of rotatable bonds is 6. The van der Waals surface area contributed by atoms with E-state index in [-0.39, 0.29) is 0 Å². The Morgan fingerprint density at radius 1 is 1.13 bits per heavy atom. The Hall–Kier alpha value is -2.78. The van der Waals surface area contributed by atoms with E-state index in [1.807, 2.05) is 24.3 Å². The van der Waals surface area contributed by atoms with Gasteiger partial charge in [0.1, 0.15) is 10.8 Å². The van der Waals surface area contributed by atoms with Crippen LogP contribution in [0.4, 0.5) is 11.8 Å². The molecule has 1 aliphatic rings. The number of hydrogen-bond acceptors (Lipinski definition) is 7. The van der Waals surface area contributed by atoms with Crippen molar-refractivity contribution in [3.63, 3.8) is 0 Å². The largest absolute Gasteiger partial charge is 0.358 e. The van der Waals surface area contributed by atoms with Crippen molar-refractivity contribution >= 4 is 40.9 Å². The topological polar surface area (TPSA) is 78.9 Å². The van der Waals surface area contributed by atoms with Crippen LogP contribution in [0, 0.1) is 0 Å². The molecule has 0 spiro atoms. The van der Waals surface area contributed by atoms with Gasteiger partial charge in [0, 0.05) is 37.6 Å². The molecule has 1 fully saturated rings. The van der Waals surface area contributed by atoms with Crippen molar-refractivity contribution in [1.29, 1.82) is 0 Å². The second kappa shape index (κ2) is 10.5. The Kier molecular flexibility index (Phi) is 7.26. The number of aromatic nitrogens is 4. The molecule has 1 aromatic carbocycles. The SMILES string of the molecule is CC1CCCCN1c1cc(Sc2ncccn2)nc(NC(=S)NCc2ccccc2)n1. The molecule has 0 saturated carbocycles. The van der Waals surface area contributed by atoms with Gasteiger partial charge in [0.15, 0.2) is 10.3 Å². The van der Waals surface area contributed by atoms with Crippen LogP contribution < -0.4 is 15.5 Å². The van der Waals surface area contributed by atoms with Crippen molar-refractivity contribution in [2.45, 2.75) is 49.0 Å². The molecular weight excluding hydrogens is 426 g/mol. The smallest absolute Gasteiger partial charge is 0.232 e. The van der Waals surface area contributed by atoms with Crippen LogP contribution in [0.1, 0.15) is 31.7 Å². The zero-order valence-corrected chi connectivity index (χ0v) is 19.0. The third kappa shape index (κ3) is 6.11. The van der Waals surface area contributed by atoms with E-state index < -0.39 is 0 Å². The molecule has 7 nitrogen and oxygen atoms in total. The van der Waals surface area contributed by atoms with Crippen LogP contribution in [0.2, 0.25) is 0 Å². The zero-order chi connectivity index (χ0) is 21.5. The van der Waals surface area contributed by atoms with E-state index >= 15 is 0 Å². The number of nitrogens with zero attached hydrogens (tertiary/aromatic N) is 5. The molecule has 1 unspecified atom stereocenters. The first-order valence-electron chi connectivity index (χ1n) is 10.4. The number of nitrogens with one attached hydrogen (secondary N) is 2. The zero-order valence-electron chi connectivity index (χ0n) is 17.4. The van der Waals surface area contributed by atoms with Gasteiger partial charge in [-0.25, -0.2) is 15.0 Å². The Morgan fingerprint density at radius 2 is 1.94 bits per heavy atom. The fourth-order valence-electron chi connectivity index (χ4n) is 3.46. The molecule has 1 atom stereocenters. The van der Waals surface area contributed by atoms with Gasteiger partial charge in [0.25, 0.3) is 0 Å². The van der Waals surface area contributed by atoms with Gasteiger partial charge in [-0.1, -0.05) is 30.3 Å². The first-order valence-corrected chi connectivity index (χ1v) is 11.6. The molecular formula is C22H25N7S2. The second-order valence-corrected chi connectivity index (χ2v) is 8.75. The summed E-state index contributed by atoms with van der Waals surface area (Å²) in [5, 5.41) is 8.28. The number of piperidine rings is 1. The van der Waals surface area contributed by atoms with Crippen LogP contribution in [-0.2, 0) is 6.54 Å². The summed E-state index contributed by atoms with van der Waals surface area (Å²) in [6, 6.07) is 14.4. The van der Waals surface area contributed by atoms with E-state index in [2.05, 4.69) is 49.5 Å². The Labute approximate surface area is 192 Å². The number of thiocarbonyl (C=S) groups is 1. The first-order chi connectivity index (χ1) is 15.2. The van der Waals surface area contributed by atoms with Crippen LogP contribution in [-0.4, -0.2) is 37.6 Å². The summed E-state index contributed by atoms with van der Waals surface area (Å²) in [6.07, 6.45) is 7.03. The Morgan fingerprint density at radius 3 is 2.71 bits per heavy atom. The van der Waals surface area contributed by atoms with E-state index in [1.54, 1.807) is 18.5 Å². The highest BCUT2D eigenvalue weighted by atomic mass is 32.2. The van der Waals surface area contributed by atoms with E-state index in [9.17, 15) is 0 Å². The van der Waals surface area contributed by atoms with Gasteiger partial charge in [-0.2, -0.15) is 4.98 Å². The highest BCUT2D eigenvalue weighted by molar-refractivity contribution is 7.99. The van der Waals surface area contributed by atoms with Crippen LogP contribution in [0.5, 0.6) is 0 Å². The highest BCUT2D eigenvalue weighted by Crippen LogP contribution is 2.29. The molecule has 2 aromatic heterocycles. The molecule has 31 heavy (non-hydrogen) atoms. The molecule has 0 amide bonds. The summed E-state index contributed by atoms with van der Waals surface area (Å²) >= 11 is 6.90. The molecule has 1 saturated heterocycles. The molecule has 1 aliphatic heterocycles. The predicted octanol–water partition coefficient (Wildman–Crippen LogP) is 4.28. The summed E-state index contributed by atoms with van der Waals surface area (Å²) < 4.78 is 0. The summed E-state index contributed by atoms with van der Waals surface area (Å²) in [7, 11) is 0. The van der Waals surface area contributed by atoms with Gasteiger partial charge in [0.05, 0.1) is 0 Å². The van der Waals surface area contributed by atoms with Crippen molar-refractivity contribution in [1.82, 2.24) is 25.3 Å². The van der Waals surface area contributed by atoms with Gasteiger partial charge >= 0.3 is 0 Å². The molecule has 9 heteroatoms. The lowest BCUT2D eigenvalue weighted by Crippen LogP contribution is -2.38. The van der Waals surface area contributed by atoms with Crippen molar-refractivity contribution in [2.24, 2.45) is 0 Å². The number of anilines is 2. The van der Waals surface area contributed by atoms with Crippen LogP contribution in [0.15, 0.2) is 65.0 Å². The molecule has 0 radical (unpaired) electrons. The molecule has 3 heterocycles. The maximum atomic E-state index is 5.48. The van der Waals surface area contributed by atoms with E-state index in [1.165, 1.54) is 24.6 Å². The molecule has 160 valence electrons. The van der Waals surface area contributed by atoms with E-state index in [4.69, 9.17) is 17.2 Å². The third-order valence-electron chi connectivity index (χ3n) is 5.05. The molecule has 3 aromatic rings. The normalized spacial score (nSPS) is 16.0. The maximum absolute atomic E-state index is 5.48. The van der Waals surface area contributed by atoms with Crippen molar-refractivity contribution in [3.05, 3.63) is 60.4 Å². The summed E-state index contributed by atoms with van der Waals surface area (Å²) in [4.78, 5) is 20.4. The molecule has 0 bridgehead atoms. The minimum absolute atomic E-state index is 0.436. The first kappa shape index (κ1) is 21.5. The lowest BCUT2D eigenvalue weighted by atomic mass is 10.0. The van der Waals surface area contributed by atoms with Gasteiger partial charge in [-0.15, -0.1) is 0 Å². The molecule has 4 rings (SSSR count). The Bertz CT molecular complexity index is 1000. The van der Waals surface area contributed by atoms with Crippen molar-refractivity contribution in [3.8, 4) is 0 Å². The fraction of sp³-hybridized carbons (Fsp3) is 0.318. The van der Waals surface area contributed by atoms with Crippen LogP contribution >= 0.6 is 24.0 Å². The van der Waals surface area contributed by atoms with E-state index in [0.29, 0.717) is 28.8 Å². The second-order valence-electron chi connectivity index (χ2n) is 7.35. The number of hydrogen-bond donors (Lipinski definition) is 2. The Balaban J connectivity index is 1.52. The van der Waals surface area contributed by atoms with Crippen LogP contribution in [0.3, 0.4) is 0 Å².